The lowest BCUT2D eigenvalue weighted by Crippen LogP contribution is -2.46. The number of nitro benzene ring substituents is 1. The van der Waals surface area contributed by atoms with Gasteiger partial charge in [-0.3, -0.25) is 23.9 Å². The van der Waals surface area contributed by atoms with E-state index in [9.17, 15) is 38.9 Å². The second-order valence-electron chi connectivity index (χ2n) is 19.7. The van der Waals surface area contributed by atoms with Gasteiger partial charge in [0, 0.05) is 101 Å². The van der Waals surface area contributed by atoms with E-state index >= 15 is 0 Å². The summed E-state index contributed by atoms with van der Waals surface area (Å²) < 4.78 is 41.1. The van der Waals surface area contributed by atoms with Crippen molar-refractivity contribution in [1.82, 2.24) is 9.47 Å². The monoisotopic (exact) mass is 1100 g/mol. The summed E-state index contributed by atoms with van der Waals surface area (Å²) in [5.41, 5.74) is 7.35. The van der Waals surface area contributed by atoms with Crippen molar-refractivity contribution >= 4 is 72.7 Å². The number of benzene rings is 5. The van der Waals surface area contributed by atoms with Gasteiger partial charge in [-0.25, -0.2) is 9.36 Å². The summed E-state index contributed by atoms with van der Waals surface area (Å²) in [5.74, 6) is -0.211. The minimum atomic E-state index is -4.56. The van der Waals surface area contributed by atoms with Crippen LogP contribution < -0.4 is 19.8 Å². The zero-order chi connectivity index (χ0) is 53.0. The number of likely N-dealkylation sites (tertiary alicyclic amines) is 1. The van der Waals surface area contributed by atoms with E-state index in [1.165, 1.54) is 6.07 Å². The summed E-state index contributed by atoms with van der Waals surface area (Å²) in [7, 11) is -8.30. The second kappa shape index (κ2) is 23.4. The van der Waals surface area contributed by atoms with Crippen LogP contribution in [-0.4, -0.2) is 106 Å². The second-order valence-corrected chi connectivity index (χ2v) is 24.7. The number of thioether (sulfide) groups is 1. The molecule has 0 radical (unpaired) electrons. The van der Waals surface area contributed by atoms with Gasteiger partial charge in [0.25, 0.3) is 5.69 Å². The van der Waals surface area contributed by atoms with Crippen LogP contribution in [0.25, 0.3) is 22.4 Å². The Morgan fingerprint density at radius 2 is 1.52 bits per heavy atom. The molecule has 3 fully saturated rings. The highest BCUT2D eigenvalue weighted by atomic mass is 35.5. The largest absolute Gasteiger partial charge is 0.478 e. The summed E-state index contributed by atoms with van der Waals surface area (Å²) in [6.07, 6.45) is 1.68. The number of carboxylic acids is 1. The van der Waals surface area contributed by atoms with E-state index in [-0.39, 0.29) is 35.1 Å². The Morgan fingerprint density at radius 3 is 2.16 bits per heavy atom. The van der Waals surface area contributed by atoms with Gasteiger partial charge in [0.1, 0.15) is 0 Å². The molecule has 4 heterocycles. The normalized spacial score (nSPS) is 18.3. The van der Waals surface area contributed by atoms with Crippen LogP contribution in [0.15, 0.2) is 126 Å². The fraction of sp³-hybridized carbons (Fsp3) is 0.364. The van der Waals surface area contributed by atoms with Crippen molar-refractivity contribution < 1.29 is 42.8 Å². The lowest BCUT2D eigenvalue weighted by molar-refractivity contribution is -0.385. The number of nitrogens with zero attached hydrogens (tertiary/aromatic N) is 6. The van der Waals surface area contributed by atoms with Gasteiger partial charge in [-0.2, -0.15) is 0 Å². The molecule has 5 aromatic carbocycles. The van der Waals surface area contributed by atoms with Crippen LogP contribution in [0.1, 0.15) is 60.8 Å². The number of rotatable bonds is 19. The zero-order valence-corrected chi connectivity index (χ0v) is 45.6. The summed E-state index contributed by atoms with van der Waals surface area (Å²) in [6.45, 7) is 11.4. The molecule has 0 amide bonds. The summed E-state index contributed by atoms with van der Waals surface area (Å²) in [4.78, 5) is 51.8. The Hall–Kier alpha value is -5.45. The first-order chi connectivity index (χ1) is 36.0. The molecule has 0 unspecified atom stereocenters. The van der Waals surface area contributed by atoms with Crippen LogP contribution in [0.3, 0.4) is 0 Å². The fourth-order valence-electron chi connectivity index (χ4n) is 10.8. The Kier molecular flexibility index (Phi) is 17.0. The molecule has 0 aliphatic carbocycles. The topological polar surface area (TPSA) is 191 Å². The van der Waals surface area contributed by atoms with E-state index in [1.807, 2.05) is 97.9 Å². The summed E-state index contributed by atoms with van der Waals surface area (Å²) in [6, 6.07) is 38.4. The van der Waals surface area contributed by atoms with Gasteiger partial charge < -0.3 is 38.7 Å². The van der Waals surface area contributed by atoms with Crippen LogP contribution in [0.5, 0.6) is 0 Å². The molecular formula is C55H63ClN6O10P2S. The first kappa shape index (κ1) is 54.3. The number of aromatic carboxylic acids is 1. The van der Waals surface area contributed by atoms with Crippen molar-refractivity contribution in [2.45, 2.75) is 63.5 Å². The first-order valence-corrected chi connectivity index (χ1v) is 29.8. The maximum Gasteiger partial charge on any atom is 0.469 e. The van der Waals surface area contributed by atoms with Gasteiger partial charge in [0.15, 0.2) is 0 Å². The average molecular weight is 1100 g/mol. The average Bonchev–Trinajstić information content (AvgIpc) is 3.96. The number of hydrogen-bond acceptors (Lipinski definition) is 11. The van der Waals surface area contributed by atoms with Crippen molar-refractivity contribution in [3.63, 3.8) is 0 Å². The number of halogens is 1. The molecule has 75 heavy (non-hydrogen) atoms. The maximum absolute atomic E-state index is 14.9. The van der Waals surface area contributed by atoms with Crippen LogP contribution in [0.4, 0.5) is 22.7 Å². The predicted molar refractivity (Wildman–Crippen MR) is 298 cm³/mol. The fourth-order valence-corrected chi connectivity index (χ4v) is 14.8. The number of anilines is 3. The number of aromatic nitrogens is 1. The van der Waals surface area contributed by atoms with Gasteiger partial charge >= 0.3 is 21.3 Å². The molecule has 396 valence electrons. The standard InChI is InChI=1S/C55H63ClN6O10P2S/c1-38(2)61-39(3)52(55(63)64)53(54(61)41-12-15-44(56)16-13-41)43-8-7-9-47(35-43)59-30-28-58(29-31-59)45-17-19-46(20-18-45)60-32-33-71-73(60,67)49-21-14-42(51(36-49)62(65)66)34-40(37-75-50-10-5-4-6-11-50)22-25-57-26-23-48(24-27-57)72-74(68,69)70/h4-21,35-36,38,40,48H,22-34,37H2,1-3H3,(H,63,64)(H2,68,69,70)/t40-,73-/m0/s1. The van der Waals surface area contributed by atoms with Gasteiger partial charge in [0.2, 0.25) is 0 Å². The highest BCUT2D eigenvalue weighted by Gasteiger charge is 2.41. The van der Waals surface area contributed by atoms with Gasteiger partial charge in [0.05, 0.1) is 40.7 Å². The number of nitro groups is 1. The Balaban J connectivity index is 0.873. The van der Waals surface area contributed by atoms with Crippen molar-refractivity contribution in [1.29, 1.82) is 0 Å². The number of carboxylic acid groups (broad SMARTS) is 1. The highest BCUT2D eigenvalue weighted by molar-refractivity contribution is 7.99. The molecule has 2 atom stereocenters. The minimum absolute atomic E-state index is 0.00696. The van der Waals surface area contributed by atoms with Crippen LogP contribution in [0.2, 0.25) is 5.02 Å². The van der Waals surface area contributed by atoms with Gasteiger partial charge in [-0.15, -0.1) is 11.8 Å². The SMILES string of the molecule is Cc1c(C(=O)O)c(-c2cccc(N3CCN(c4ccc(N5CCO[P@@]5(=O)c5ccc(C[C@H](CCN6CCC(OP(=O)(O)O)CC6)CSc6ccccc6)c([N+](=O)[O-])c5)cc4)CC3)c2)c(-c2ccc(Cl)cc2)n1C(C)C. The number of phosphoric acid groups is 1. The number of piperidine rings is 1. The molecule has 3 aliphatic rings. The molecule has 1 aromatic heterocycles. The third kappa shape index (κ3) is 12.5. The zero-order valence-electron chi connectivity index (χ0n) is 42.2. The quantitative estimate of drug-likeness (QED) is 0.0300. The number of piperazine rings is 1. The van der Waals surface area contributed by atoms with Crippen LogP contribution in [-0.2, 0) is 24.6 Å². The van der Waals surface area contributed by atoms with Crippen LogP contribution in [0, 0.1) is 23.0 Å². The molecule has 3 aliphatic heterocycles. The van der Waals surface area contributed by atoms with E-state index in [4.69, 9.17) is 20.6 Å². The molecule has 0 spiro atoms. The molecule has 6 aromatic rings. The summed E-state index contributed by atoms with van der Waals surface area (Å²) >= 11 is 7.98. The van der Waals surface area contributed by atoms with E-state index in [0.717, 1.165) is 72.2 Å². The smallest absolute Gasteiger partial charge is 0.469 e. The number of hydrogen-bond donors (Lipinski definition) is 3. The molecule has 0 saturated carbocycles. The maximum atomic E-state index is 14.9. The lowest BCUT2D eigenvalue weighted by atomic mass is 9.96. The van der Waals surface area contributed by atoms with Crippen LogP contribution >= 0.6 is 38.7 Å². The number of phosphoric ester groups is 1. The molecular weight excluding hydrogens is 1030 g/mol. The molecule has 9 rings (SSSR count). The highest BCUT2D eigenvalue weighted by Crippen LogP contribution is 2.56. The van der Waals surface area contributed by atoms with Crippen molar-refractivity contribution in [2.24, 2.45) is 5.92 Å². The third-order valence-corrected chi connectivity index (χ3v) is 19.1. The van der Waals surface area contributed by atoms with Gasteiger partial charge in [-0.05, 0) is 137 Å². The third-order valence-electron chi connectivity index (χ3n) is 14.5. The molecule has 16 nitrogen and oxygen atoms in total. The molecule has 3 saturated heterocycles. The number of carbonyl (C=O) groups is 1. The molecule has 20 heteroatoms. The Labute approximate surface area is 447 Å². The van der Waals surface area contributed by atoms with E-state index in [2.05, 4.69) is 45.2 Å². The Morgan fingerprint density at radius 1 is 0.853 bits per heavy atom. The van der Waals surface area contributed by atoms with E-state index < -0.39 is 32.3 Å². The van der Waals surface area contributed by atoms with Crippen molar-refractivity contribution in [2.75, 3.05) is 79.2 Å². The Bertz CT molecular complexity index is 3090. The molecule has 3 N–H and O–H groups in total. The van der Waals surface area contributed by atoms with E-state index in [1.54, 1.807) is 28.6 Å². The van der Waals surface area contributed by atoms with E-state index in [0.29, 0.717) is 72.2 Å². The predicted octanol–water partition coefficient (Wildman–Crippen LogP) is 11.6. The minimum Gasteiger partial charge on any atom is -0.478 e. The lowest BCUT2D eigenvalue weighted by Gasteiger charge is -2.37. The molecule has 0 bridgehead atoms. The van der Waals surface area contributed by atoms with Crippen molar-refractivity contribution in [3.05, 3.63) is 153 Å². The summed E-state index contributed by atoms with van der Waals surface area (Å²) in [5, 5.41) is 24.2. The first-order valence-electron chi connectivity index (χ1n) is 25.3. The van der Waals surface area contributed by atoms with Crippen molar-refractivity contribution in [3.8, 4) is 22.4 Å². The van der Waals surface area contributed by atoms with Gasteiger partial charge in [-0.1, -0.05) is 60.1 Å².